The molecule has 0 N–H and O–H groups in total. The van der Waals surface area contributed by atoms with Crippen LogP contribution in [0.15, 0.2) is 24.5 Å². The minimum absolute atomic E-state index is 0.0294. The number of ether oxygens (including phenoxy) is 1. The number of likely N-dealkylation sites (tertiary alicyclic amines) is 1. The first-order valence-electron chi connectivity index (χ1n) is 8.70. The van der Waals surface area contributed by atoms with Crippen LogP contribution < -0.4 is 4.90 Å². The summed E-state index contributed by atoms with van der Waals surface area (Å²) in [5, 5.41) is 0. The van der Waals surface area contributed by atoms with Gasteiger partial charge in [0.05, 0.1) is 29.8 Å². The lowest BCUT2D eigenvalue weighted by atomic mass is 9.78. The van der Waals surface area contributed by atoms with E-state index in [2.05, 4.69) is 11.9 Å². The van der Waals surface area contributed by atoms with Gasteiger partial charge in [0.15, 0.2) is 0 Å². The summed E-state index contributed by atoms with van der Waals surface area (Å²) in [6, 6.07) is 3.77. The van der Waals surface area contributed by atoms with E-state index in [0.29, 0.717) is 32.8 Å². The molecular weight excluding hydrogens is 306 g/mol. The van der Waals surface area contributed by atoms with Gasteiger partial charge >= 0.3 is 0 Å². The van der Waals surface area contributed by atoms with Gasteiger partial charge in [-0.15, -0.1) is 0 Å². The van der Waals surface area contributed by atoms with Gasteiger partial charge in [-0.05, 0) is 30.9 Å². The lowest BCUT2D eigenvalue weighted by Crippen LogP contribution is -2.41. The van der Waals surface area contributed by atoms with E-state index >= 15 is 0 Å². The van der Waals surface area contributed by atoms with E-state index < -0.39 is 5.41 Å². The fourth-order valence-corrected chi connectivity index (χ4v) is 4.37. The van der Waals surface area contributed by atoms with E-state index in [-0.39, 0.29) is 23.7 Å². The zero-order chi connectivity index (χ0) is 16.7. The van der Waals surface area contributed by atoms with Crippen LogP contribution in [0.25, 0.3) is 0 Å². The Morgan fingerprint density at radius 3 is 3.04 bits per heavy atom. The minimum atomic E-state index is -0.440. The first-order chi connectivity index (χ1) is 11.6. The summed E-state index contributed by atoms with van der Waals surface area (Å²) in [7, 11) is 0. The summed E-state index contributed by atoms with van der Waals surface area (Å²) in [6.45, 7) is 5.19. The number of carbonyl (C=O) groups is 2. The highest BCUT2D eigenvalue weighted by Crippen LogP contribution is 2.46. The largest absolute Gasteiger partial charge is 0.381 e. The number of anilines is 1. The van der Waals surface area contributed by atoms with Gasteiger partial charge in [0.2, 0.25) is 11.8 Å². The number of aromatic nitrogens is 1. The zero-order valence-corrected chi connectivity index (χ0v) is 14.0. The number of hydrogen-bond acceptors (Lipinski definition) is 4. The lowest BCUT2D eigenvalue weighted by molar-refractivity contribution is -0.135. The van der Waals surface area contributed by atoms with Crippen molar-refractivity contribution in [3.05, 3.63) is 24.5 Å². The van der Waals surface area contributed by atoms with Crippen LogP contribution >= 0.6 is 0 Å². The van der Waals surface area contributed by atoms with Gasteiger partial charge in [0.25, 0.3) is 0 Å². The third-order valence-electron chi connectivity index (χ3n) is 5.91. The molecule has 6 heteroatoms. The van der Waals surface area contributed by atoms with Crippen LogP contribution in [0.4, 0.5) is 5.69 Å². The van der Waals surface area contributed by atoms with Crippen molar-refractivity contribution in [1.82, 2.24) is 9.88 Å². The molecular formula is C18H23N3O3. The molecule has 0 aliphatic carbocycles. The van der Waals surface area contributed by atoms with Crippen LogP contribution in [0.5, 0.6) is 0 Å². The van der Waals surface area contributed by atoms with Crippen molar-refractivity contribution in [2.45, 2.75) is 19.8 Å². The highest BCUT2D eigenvalue weighted by atomic mass is 16.5. The summed E-state index contributed by atoms with van der Waals surface area (Å²) in [6.07, 6.45) is 5.04. The van der Waals surface area contributed by atoms with Gasteiger partial charge in [-0.2, -0.15) is 0 Å². The molecule has 1 aromatic heterocycles. The molecule has 0 aromatic carbocycles. The number of carbonyl (C=O) groups excluding carboxylic acids is 2. The number of rotatable bonds is 2. The lowest BCUT2D eigenvalue weighted by Gasteiger charge is -2.26. The van der Waals surface area contributed by atoms with Crippen molar-refractivity contribution in [2.24, 2.45) is 17.3 Å². The van der Waals surface area contributed by atoms with Crippen molar-refractivity contribution >= 4 is 17.5 Å². The molecule has 0 saturated carbocycles. The summed E-state index contributed by atoms with van der Waals surface area (Å²) in [5.41, 5.74) is 0.408. The molecule has 6 nitrogen and oxygen atoms in total. The number of nitrogens with zero attached hydrogens (tertiary/aromatic N) is 3. The second-order valence-corrected chi connectivity index (χ2v) is 7.25. The predicted molar refractivity (Wildman–Crippen MR) is 88.3 cm³/mol. The Hall–Kier alpha value is -1.95. The van der Waals surface area contributed by atoms with Gasteiger partial charge < -0.3 is 14.5 Å². The standard InChI is InChI=1S/C18H23N3O3/c1-13-10-20(16(22)14-4-8-24-11-14)12-18(13)5-7-21(17(18)23)15-3-2-6-19-9-15/h2-3,6,9,13-14H,4-5,7-8,10-12H2,1H3/t13-,14?,18-/m1/s1. The number of pyridine rings is 1. The van der Waals surface area contributed by atoms with E-state index in [1.54, 1.807) is 12.4 Å². The van der Waals surface area contributed by atoms with E-state index in [4.69, 9.17) is 4.74 Å². The Balaban J connectivity index is 1.53. The first kappa shape index (κ1) is 15.6. The van der Waals surface area contributed by atoms with E-state index in [1.807, 2.05) is 21.9 Å². The Morgan fingerprint density at radius 1 is 1.46 bits per heavy atom. The predicted octanol–water partition coefficient (Wildman–Crippen LogP) is 1.32. The van der Waals surface area contributed by atoms with Gasteiger partial charge in [-0.1, -0.05) is 6.92 Å². The topological polar surface area (TPSA) is 62.7 Å². The third-order valence-corrected chi connectivity index (χ3v) is 5.91. The van der Waals surface area contributed by atoms with Gasteiger partial charge in [0, 0.05) is 32.4 Å². The Labute approximate surface area is 141 Å². The quantitative estimate of drug-likeness (QED) is 0.821. The average Bonchev–Trinajstić information content (AvgIpc) is 3.31. The van der Waals surface area contributed by atoms with Crippen molar-refractivity contribution in [2.75, 3.05) is 37.7 Å². The summed E-state index contributed by atoms with van der Waals surface area (Å²) >= 11 is 0. The molecule has 2 amide bonds. The van der Waals surface area contributed by atoms with Crippen LogP contribution in [0.1, 0.15) is 19.8 Å². The average molecular weight is 329 g/mol. The second-order valence-electron chi connectivity index (χ2n) is 7.25. The monoisotopic (exact) mass is 329 g/mol. The van der Waals surface area contributed by atoms with Crippen LogP contribution in [-0.2, 0) is 14.3 Å². The minimum Gasteiger partial charge on any atom is -0.381 e. The maximum Gasteiger partial charge on any atom is 0.235 e. The van der Waals surface area contributed by atoms with Crippen molar-refractivity contribution in [3.8, 4) is 0 Å². The molecule has 3 saturated heterocycles. The Kier molecular flexibility index (Phi) is 3.79. The highest BCUT2D eigenvalue weighted by Gasteiger charge is 2.56. The molecule has 4 heterocycles. The normalized spacial score (nSPS) is 33.0. The SMILES string of the molecule is C[C@@H]1CN(C(=O)C2CCOC2)C[C@]12CCN(c1cccnc1)C2=O. The molecule has 3 aliphatic rings. The molecule has 0 bridgehead atoms. The summed E-state index contributed by atoms with van der Waals surface area (Å²) < 4.78 is 5.35. The summed E-state index contributed by atoms with van der Waals surface area (Å²) in [4.78, 5) is 33.7. The maximum absolute atomic E-state index is 13.2. The highest BCUT2D eigenvalue weighted by molar-refractivity contribution is 6.01. The van der Waals surface area contributed by atoms with Crippen LogP contribution in [-0.4, -0.2) is 54.5 Å². The molecule has 128 valence electrons. The molecule has 3 atom stereocenters. The van der Waals surface area contributed by atoms with E-state index in [1.165, 1.54) is 0 Å². The fourth-order valence-electron chi connectivity index (χ4n) is 4.37. The summed E-state index contributed by atoms with van der Waals surface area (Å²) in [5.74, 6) is 0.445. The zero-order valence-electron chi connectivity index (χ0n) is 14.0. The third kappa shape index (κ3) is 2.32. The smallest absolute Gasteiger partial charge is 0.235 e. The molecule has 24 heavy (non-hydrogen) atoms. The number of amides is 2. The van der Waals surface area contributed by atoms with Gasteiger partial charge in [-0.25, -0.2) is 0 Å². The molecule has 1 spiro atoms. The van der Waals surface area contributed by atoms with E-state index in [9.17, 15) is 9.59 Å². The van der Waals surface area contributed by atoms with Gasteiger partial charge in [0.1, 0.15) is 0 Å². The maximum atomic E-state index is 13.2. The molecule has 1 unspecified atom stereocenters. The molecule has 1 aromatic rings. The molecule has 0 radical (unpaired) electrons. The second kappa shape index (κ2) is 5.84. The Bertz CT molecular complexity index is 644. The van der Waals surface area contributed by atoms with Crippen molar-refractivity contribution < 1.29 is 14.3 Å². The van der Waals surface area contributed by atoms with Crippen LogP contribution in [0.3, 0.4) is 0 Å². The molecule has 4 rings (SSSR count). The fraction of sp³-hybridized carbons (Fsp3) is 0.611. The van der Waals surface area contributed by atoms with Crippen molar-refractivity contribution in [3.63, 3.8) is 0 Å². The number of hydrogen-bond donors (Lipinski definition) is 0. The first-order valence-corrected chi connectivity index (χ1v) is 8.70. The van der Waals surface area contributed by atoms with Crippen molar-refractivity contribution in [1.29, 1.82) is 0 Å². The molecule has 3 aliphatic heterocycles. The van der Waals surface area contributed by atoms with Crippen LogP contribution in [0, 0.1) is 17.3 Å². The molecule has 3 fully saturated rings. The van der Waals surface area contributed by atoms with E-state index in [0.717, 1.165) is 18.5 Å². The van der Waals surface area contributed by atoms with Gasteiger partial charge in [-0.3, -0.25) is 14.6 Å². The Morgan fingerprint density at radius 2 is 2.33 bits per heavy atom. The van der Waals surface area contributed by atoms with Crippen LogP contribution in [0.2, 0.25) is 0 Å².